The number of amides is 2. The molecular weight excluding hydrogens is 448 g/mol. The molecule has 0 N–H and O–H groups in total. The molecule has 30 heavy (non-hydrogen) atoms. The number of nitrogens with zero attached hydrogens (tertiary/aromatic N) is 2. The van der Waals surface area contributed by atoms with E-state index in [0.717, 1.165) is 11.8 Å². The smallest absolute Gasteiger partial charge is 0.337 e. The number of carboxylic acid groups (broad SMARTS) is 1. The van der Waals surface area contributed by atoms with Gasteiger partial charge in [0.05, 0.1) is 35.5 Å². The molecule has 158 valence electrons. The molecule has 2 aliphatic heterocycles. The topological polar surface area (TPSA) is 107 Å². The van der Waals surface area contributed by atoms with Gasteiger partial charge in [0.1, 0.15) is 4.32 Å². The molecule has 0 aromatic heterocycles. The van der Waals surface area contributed by atoms with Crippen LogP contribution < -0.4 is 5.11 Å². The highest BCUT2D eigenvalue weighted by Crippen LogP contribution is 2.33. The van der Waals surface area contributed by atoms with Crippen LogP contribution in [-0.4, -0.2) is 69.2 Å². The fraction of sp³-hybridized carbons (Fsp3) is 0.316. The first-order valence-corrected chi connectivity index (χ1v) is 11.2. The van der Waals surface area contributed by atoms with Crippen molar-refractivity contribution in [3.63, 3.8) is 0 Å². The summed E-state index contributed by atoms with van der Waals surface area (Å²) in [6, 6.07) is 5.63. The van der Waals surface area contributed by atoms with Crippen LogP contribution in [0.2, 0.25) is 0 Å². The van der Waals surface area contributed by atoms with Gasteiger partial charge in [-0.15, -0.1) is 11.8 Å². The standard InChI is InChI=1S/C19H18N2O6S3/c1-27-18(26)12-4-2-11(3-5-12)8-14-16(23)20(19(28)30-14)7-6-15(22)21-10-29-9-13(21)17(24)25/h2-5,8,13H,6-7,9-10H2,1H3,(H,24,25)/p-1/b14-8+/t13-/m1/s1. The highest BCUT2D eigenvalue weighted by atomic mass is 32.2. The number of benzene rings is 1. The summed E-state index contributed by atoms with van der Waals surface area (Å²) in [6.45, 7) is 0.0725. The quantitative estimate of drug-likeness (QED) is 0.341. The maximum Gasteiger partial charge on any atom is 0.337 e. The molecule has 2 fully saturated rings. The van der Waals surface area contributed by atoms with E-state index in [-0.39, 0.29) is 30.7 Å². The van der Waals surface area contributed by atoms with Crippen LogP contribution in [0.1, 0.15) is 22.3 Å². The lowest BCUT2D eigenvalue weighted by molar-refractivity contribution is -0.310. The Bertz CT molecular complexity index is 931. The number of hydrogen-bond donors (Lipinski definition) is 0. The summed E-state index contributed by atoms with van der Waals surface area (Å²) in [4.78, 5) is 50.7. The van der Waals surface area contributed by atoms with Gasteiger partial charge >= 0.3 is 5.97 Å². The first kappa shape index (κ1) is 22.3. The van der Waals surface area contributed by atoms with E-state index >= 15 is 0 Å². The van der Waals surface area contributed by atoms with Crippen molar-refractivity contribution in [2.75, 3.05) is 25.3 Å². The normalized spacial score (nSPS) is 20.2. The Morgan fingerprint density at radius 1 is 1.30 bits per heavy atom. The van der Waals surface area contributed by atoms with E-state index < -0.39 is 18.0 Å². The maximum atomic E-state index is 12.7. The minimum atomic E-state index is -1.28. The zero-order chi connectivity index (χ0) is 21.8. The summed E-state index contributed by atoms with van der Waals surface area (Å²) in [7, 11) is 1.30. The Morgan fingerprint density at radius 2 is 2.00 bits per heavy atom. The number of ether oxygens (including phenoxy) is 1. The van der Waals surface area contributed by atoms with Crippen molar-refractivity contribution in [1.29, 1.82) is 0 Å². The van der Waals surface area contributed by atoms with Crippen LogP contribution in [0.15, 0.2) is 29.2 Å². The molecular formula is C19H17N2O6S3-. The van der Waals surface area contributed by atoms with E-state index in [4.69, 9.17) is 12.2 Å². The summed E-state index contributed by atoms with van der Waals surface area (Å²) in [5.74, 6) is -1.81. The predicted octanol–water partition coefficient (Wildman–Crippen LogP) is 0.716. The first-order chi connectivity index (χ1) is 14.3. The van der Waals surface area contributed by atoms with Crippen molar-refractivity contribution in [3.8, 4) is 0 Å². The van der Waals surface area contributed by atoms with Gasteiger partial charge in [-0.3, -0.25) is 14.5 Å². The van der Waals surface area contributed by atoms with Gasteiger partial charge in [0.25, 0.3) is 5.91 Å². The number of thioether (sulfide) groups is 2. The zero-order valence-corrected chi connectivity index (χ0v) is 18.3. The van der Waals surface area contributed by atoms with E-state index in [1.807, 2.05) is 0 Å². The lowest BCUT2D eigenvalue weighted by Crippen LogP contribution is -2.48. The van der Waals surface area contributed by atoms with Gasteiger partial charge in [-0.25, -0.2) is 4.79 Å². The zero-order valence-electron chi connectivity index (χ0n) is 15.9. The number of rotatable bonds is 6. The predicted molar refractivity (Wildman–Crippen MR) is 115 cm³/mol. The maximum absolute atomic E-state index is 12.7. The molecule has 0 radical (unpaired) electrons. The number of carbonyl (C=O) groups excluding carboxylic acids is 4. The van der Waals surface area contributed by atoms with Crippen molar-refractivity contribution >= 4 is 69.9 Å². The molecule has 0 bridgehead atoms. The van der Waals surface area contributed by atoms with E-state index in [1.54, 1.807) is 30.3 Å². The lowest BCUT2D eigenvalue weighted by Gasteiger charge is -2.25. The average Bonchev–Trinajstić information content (AvgIpc) is 3.32. The Kier molecular flexibility index (Phi) is 7.16. The van der Waals surface area contributed by atoms with E-state index in [9.17, 15) is 24.3 Å². The van der Waals surface area contributed by atoms with E-state index in [1.165, 1.54) is 28.7 Å². The lowest BCUT2D eigenvalue weighted by atomic mass is 10.1. The molecule has 2 heterocycles. The summed E-state index contributed by atoms with van der Waals surface area (Å²) >= 11 is 7.74. The van der Waals surface area contributed by atoms with Crippen LogP contribution in [0.3, 0.4) is 0 Å². The van der Waals surface area contributed by atoms with Gasteiger partial charge in [-0.05, 0) is 23.8 Å². The molecule has 0 unspecified atom stereocenters. The van der Waals surface area contributed by atoms with Crippen molar-refractivity contribution in [2.24, 2.45) is 0 Å². The van der Waals surface area contributed by atoms with Gasteiger partial charge in [-0.2, -0.15) is 0 Å². The molecule has 3 rings (SSSR count). The second-order valence-electron chi connectivity index (χ2n) is 6.40. The average molecular weight is 466 g/mol. The van der Waals surface area contributed by atoms with Crippen molar-refractivity contribution in [1.82, 2.24) is 9.80 Å². The van der Waals surface area contributed by atoms with Gasteiger partial charge in [0, 0.05) is 18.7 Å². The number of thiocarbonyl (C=S) groups is 1. The van der Waals surface area contributed by atoms with Crippen LogP contribution in [0.4, 0.5) is 0 Å². The molecule has 0 aliphatic carbocycles. The summed E-state index contributed by atoms with van der Waals surface area (Å²) in [6.07, 6.45) is 1.63. The van der Waals surface area contributed by atoms with Gasteiger partial charge < -0.3 is 19.5 Å². The molecule has 0 saturated carbocycles. The number of methoxy groups -OCH3 is 1. The highest BCUT2D eigenvalue weighted by Gasteiger charge is 2.34. The summed E-state index contributed by atoms with van der Waals surface area (Å²) in [5.41, 5.74) is 1.11. The first-order valence-electron chi connectivity index (χ1n) is 8.83. The number of esters is 1. The fourth-order valence-corrected chi connectivity index (χ4v) is 5.39. The molecule has 8 nitrogen and oxygen atoms in total. The van der Waals surface area contributed by atoms with Crippen LogP contribution in [0, 0.1) is 0 Å². The van der Waals surface area contributed by atoms with Crippen LogP contribution in [0.25, 0.3) is 6.08 Å². The molecule has 1 atom stereocenters. The second kappa shape index (κ2) is 9.63. The largest absolute Gasteiger partial charge is 0.548 e. The monoisotopic (exact) mass is 465 g/mol. The molecule has 2 saturated heterocycles. The van der Waals surface area contributed by atoms with Gasteiger partial charge in [-0.1, -0.05) is 36.1 Å². The van der Waals surface area contributed by atoms with Crippen LogP contribution in [-0.2, 0) is 19.1 Å². The van der Waals surface area contributed by atoms with Crippen molar-refractivity contribution in [3.05, 3.63) is 40.3 Å². The van der Waals surface area contributed by atoms with Gasteiger partial charge in [0.15, 0.2) is 0 Å². The Morgan fingerprint density at radius 3 is 2.63 bits per heavy atom. The number of carbonyl (C=O) groups is 4. The van der Waals surface area contributed by atoms with Crippen LogP contribution in [0.5, 0.6) is 0 Å². The third-order valence-electron chi connectivity index (χ3n) is 4.53. The third kappa shape index (κ3) is 4.85. The third-order valence-corrected chi connectivity index (χ3v) is 6.92. The van der Waals surface area contributed by atoms with E-state index in [0.29, 0.717) is 26.1 Å². The second-order valence-corrected chi connectivity index (χ2v) is 9.07. The van der Waals surface area contributed by atoms with Crippen molar-refractivity contribution < 1.29 is 29.0 Å². The molecule has 2 amide bonds. The Balaban J connectivity index is 1.63. The van der Waals surface area contributed by atoms with Crippen molar-refractivity contribution in [2.45, 2.75) is 12.5 Å². The van der Waals surface area contributed by atoms with Crippen LogP contribution >= 0.6 is 35.7 Å². The number of carboxylic acids is 1. The minimum Gasteiger partial charge on any atom is -0.548 e. The summed E-state index contributed by atoms with van der Waals surface area (Å²) in [5, 5.41) is 11.1. The molecule has 11 heteroatoms. The molecule has 1 aromatic rings. The SMILES string of the molecule is COC(=O)c1ccc(/C=C2/SC(=S)N(CCC(=O)N3CSC[C@@H]3C(=O)[O-])C2=O)cc1. The highest BCUT2D eigenvalue weighted by molar-refractivity contribution is 8.26. The van der Waals surface area contributed by atoms with E-state index in [2.05, 4.69) is 4.74 Å². The molecule has 0 spiro atoms. The molecule has 2 aliphatic rings. The minimum absolute atomic E-state index is 0.0299. The summed E-state index contributed by atoms with van der Waals surface area (Å²) < 4.78 is 4.98. The Labute approximate surface area is 186 Å². The number of aliphatic carboxylic acids is 1. The number of hydrogen-bond acceptors (Lipinski definition) is 9. The molecule has 1 aromatic carbocycles. The van der Waals surface area contributed by atoms with Gasteiger partial charge in [0.2, 0.25) is 5.91 Å². The fourth-order valence-electron chi connectivity index (χ4n) is 2.91. The Hall–Kier alpha value is -2.37.